The van der Waals surface area contributed by atoms with Gasteiger partial charge in [0.15, 0.2) is 0 Å². The molecule has 0 bridgehead atoms. The minimum Gasteiger partial charge on any atom is -0.478 e. The first-order valence-corrected chi connectivity index (χ1v) is 5.60. The molecule has 2 rings (SSSR count). The number of carbonyl (C=O) groups is 1. The SMILES string of the molecule is O=C(O)c1cnn(-c2c(F)cccc2Cl)c1Br. The number of para-hydroxylation sites is 1. The van der Waals surface area contributed by atoms with E-state index in [1.807, 2.05) is 0 Å². The Morgan fingerprint density at radius 2 is 2.24 bits per heavy atom. The van der Waals surface area contributed by atoms with E-state index in [9.17, 15) is 9.18 Å². The van der Waals surface area contributed by atoms with Crippen LogP contribution in [0, 0.1) is 5.82 Å². The van der Waals surface area contributed by atoms with Crippen LogP contribution in [0.2, 0.25) is 5.02 Å². The quantitative estimate of drug-likeness (QED) is 0.925. The molecule has 0 fully saturated rings. The molecule has 0 saturated heterocycles. The normalized spacial score (nSPS) is 10.5. The van der Waals surface area contributed by atoms with E-state index in [1.165, 1.54) is 18.2 Å². The molecule has 1 N–H and O–H groups in total. The lowest BCUT2D eigenvalue weighted by Gasteiger charge is -2.06. The zero-order valence-electron chi connectivity index (χ0n) is 8.19. The molecule has 0 atom stereocenters. The number of nitrogens with zero attached hydrogens (tertiary/aromatic N) is 2. The molecule has 0 radical (unpaired) electrons. The van der Waals surface area contributed by atoms with E-state index >= 15 is 0 Å². The third kappa shape index (κ3) is 2.05. The van der Waals surface area contributed by atoms with E-state index in [2.05, 4.69) is 21.0 Å². The smallest absolute Gasteiger partial charge is 0.340 e. The summed E-state index contributed by atoms with van der Waals surface area (Å²) in [4.78, 5) is 10.8. The molecule has 0 aliphatic carbocycles. The van der Waals surface area contributed by atoms with Gasteiger partial charge in [-0.15, -0.1) is 0 Å². The van der Waals surface area contributed by atoms with Gasteiger partial charge < -0.3 is 5.11 Å². The van der Waals surface area contributed by atoms with Crippen molar-refractivity contribution in [2.45, 2.75) is 0 Å². The predicted molar refractivity (Wildman–Crippen MR) is 63.2 cm³/mol. The second-order valence-corrected chi connectivity index (χ2v) is 4.29. The van der Waals surface area contributed by atoms with Crippen LogP contribution in [0.5, 0.6) is 0 Å². The van der Waals surface area contributed by atoms with Crippen LogP contribution < -0.4 is 0 Å². The van der Waals surface area contributed by atoms with Crippen LogP contribution in [0.4, 0.5) is 4.39 Å². The van der Waals surface area contributed by atoms with E-state index in [4.69, 9.17) is 16.7 Å². The molecule has 4 nitrogen and oxygen atoms in total. The maximum Gasteiger partial charge on any atom is 0.340 e. The summed E-state index contributed by atoms with van der Waals surface area (Å²) in [6.07, 6.45) is 1.12. The van der Waals surface area contributed by atoms with Crippen molar-refractivity contribution < 1.29 is 14.3 Å². The summed E-state index contributed by atoms with van der Waals surface area (Å²) in [7, 11) is 0. The highest BCUT2D eigenvalue weighted by molar-refractivity contribution is 9.10. The van der Waals surface area contributed by atoms with Gasteiger partial charge in [0.25, 0.3) is 0 Å². The Labute approximate surface area is 109 Å². The van der Waals surface area contributed by atoms with Crippen LogP contribution in [0.3, 0.4) is 0 Å². The number of aromatic nitrogens is 2. The van der Waals surface area contributed by atoms with Gasteiger partial charge in [-0.3, -0.25) is 0 Å². The van der Waals surface area contributed by atoms with Gasteiger partial charge in [-0.05, 0) is 28.1 Å². The fourth-order valence-corrected chi connectivity index (χ4v) is 2.11. The molecule has 17 heavy (non-hydrogen) atoms. The number of rotatable bonds is 2. The lowest BCUT2D eigenvalue weighted by Crippen LogP contribution is -2.02. The maximum atomic E-state index is 13.6. The summed E-state index contributed by atoms with van der Waals surface area (Å²) in [5.41, 5.74) is -0.0575. The first-order chi connectivity index (χ1) is 8.02. The summed E-state index contributed by atoms with van der Waals surface area (Å²) >= 11 is 8.91. The topological polar surface area (TPSA) is 55.1 Å². The number of hydrogen-bond donors (Lipinski definition) is 1. The van der Waals surface area contributed by atoms with Gasteiger partial charge >= 0.3 is 5.97 Å². The van der Waals surface area contributed by atoms with Crippen LogP contribution in [0.25, 0.3) is 5.69 Å². The Balaban J connectivity index is 2.66. The van der Waals surface area contributed by atoms with E-state index in [0.717, 1.165) is 10.9 Å². The molecule has 0 aliphatic rings. The number of halogens is 3. The van der Waals surface area contributed by atoms with Gasteiger partial charge in [0.1, 0.15) is 21.7 Å². The molecular weight excluding hydrogens is 314 g/mol. The number of aromatic carboxylic acids is 1. The fourth-order valence-electron chi connectivity index (χ4n) is 1.32. The molecule has 0 spiro atoms. The van der Waals surface area contributed by atoms with Gasteiger partial charge in [0.2, 0.25) is 0 Å². The third-order valence-electron chi connectivity index (χ3n) is 2.09. The molecule has 0 unspecified atom stereocenters. The molecule has 88 valence electrons. The summed E-state index contributed by atoms with van der Waals surface area (Å²) in [5, 5.41) is 12.8. The van der Waals surface area contributed by atoms with Crippen molar-refractivity contribution >= 4 is 33.5 Å². The van der Waals surface area contributed by atoms with E-state index in [0.29, 0.717) is 0 Å². The van der Waals surface area contributed by atoms with E-state index in [-0.39, 0.29) is 20.9 Å². The average Bonchev–Trinajstić information content (AvgIpc) is 2.61. The van der Waals surface area contributed by atoms with Gasteiger partial charge in [0.05, 0.1) is 11.2 Å². The molecular formula is C10H5BrClFN2O2. The second kappa shape index (κ2) is 4.46. The van der Waals surface area contributed by atoms with Crippen molar-refractivity contribution in [3.8, 4) is 5.69 Å². The second-order valence-electron chi connectivity index (χ2n) is 3.14. The number of hydrogen-bond acceptors (Lipinski definition) is 2. The number of benzene rings is 1. The summed E-state index contributed by atoms with van der Waals surface area (Å²) in [5.74, 6) is -1.74. The molecule has 0 amide bonds. The largest absolute Gasteiger partial charge is 0.478 e. The van der Waals surface area contributed by atoms with Gasteiger partial charge in [-0.2, -0.15) is 5.10 Å². The highest BCUT2D eigenvalue weighted by Crippen LogP contribution is 2.27. The van der Waals surface area contributed by atoms with Crippen LogP contribution in [-0.2, 0) is 0 Å². The zero-order chi connectivity index (χ0) is 12.6. The predicted octanol–water partition coefficient (Wildman–Crippen LogP) is 3.13. The third-order valence-corrected chi connectivity index (χ3v) is 3.16. The van der Waals surface area contributed by atoms with Crippen molar-refractivity contribution in [1.29, 1.82) is 0 Å². The van der Waals surface area contributed by atoms with Crippen molar-refractivity contribution in [1.82, 2.24) is 9.78 Å². The Morgan fingerprint density at radius 1 is 1.53 bits per heavy atom. The number of carboxylic acids is 1. The van der Waals surface area contributed by atoms with Crippen LogP contribution in [-0.4, -0.2) is 20.9 Å². The maximum absolute atomic E-state index is 13.6. The van der Waals surface area contributed by atoms with Crippen molar-refractivity contribution in [2.75, 3.05) is 0 Å². The van der Waals surface area contributed by atoms with Crippen LogP contribution in [0.15, 0.2) is 29.0 Å². The lowest BCUT2D eigenvalue weighted by molar-refractivity contribution is 0.0696. The highest BCUT2D eigenvalue weighted by Gasteiger charge is 2.19. The monoisotopic (exact) mass is 318 g/mol. The Bertz CT molecular complexity index is 580. The first kappa shape index (κ1) is 12.1. The minimum atomic E-state index is -1.16. The van der Waals surface area contributed by atoms with Crippen LogP contribution >= 0.6 is 27.5 Å². The molecule has 7 heteroatoms. The standard InChI is InChI=1S/C10H5BrClFN2O2/c11-9-5(10(16)17)4-14-15(9)8-6(12)2-1-3-7(8)13/h1-4H,(H,16,17). The minimum absolute atomic E-state index is 0.00791. The molecule has 1 aromatic carbocycles. The first-order valence-electron chi connectivity index (χ1n) is 4.43. The summed E-state index contributed by atoms with van der Waals surface area (Å²) < 4.78 is 14.8. The molecule has 0 saturated carbocycles. The van der Waals surface area contributed by atoms with Gasteiger partial charge in [-0.25, -0.2) is 13.9 Å². The number of carboxylic acid groups (broad SMARTS) is 1. The van der Waals surface area contributed by atoms with Gasteiger partial charge in [0, 0.05) is 0 Å². The Hall–Kier alpha value is -1.40. The fraction of sp³-hybridized carbons (Fsp3) is 0. The zero-order valence-corrected chi connectivity index (χ0v) is 10.5. The molecule has 2 aromatic rings. The average molecular weight is 320 g/mol. The van der Waals surface area contributed by atoms with Crippen molar-refractivity contribution in [3.05, 3.63) is 45.4 Å². The summed E-state index contributed by atoms with van der Waals surface area (Å²) in [6, 6.07) is 4.17. The lowest BCUT2D eigenvalue weighted by atomic mass is 10.3. The highest BCUT2D eigenvalue weighted by atomic mass is 79.9. The van der Waals surface area contributed by atoms with Crippen molar-refractivity contribution in [3.63, 3.8) is 0 Å². The Kier molecular flexibility index (Phi) is 3.17. The van der Waals surface area contributed by atoms with Gasteiger partial charge in [-0.1, -0.05) is 17.7 Å². The van der Waals surface area contributed by atoms with Crippen LogP contribution in [0.1, 0.15) is 10.4 Å². The van der Waals surface area contributed by atoms with E-state index < -0.39 is 11.8 Å². The molecule has 0 aliphatic heterocycles. The van der Waals surface area contributed by atoms with E-state index in [1.54, 1.807) is 0 Å². The molecule has 1 aromatic heterocycles. The summed E-state index contributed by atoms with van der Waals surface area (Å²) in [6.45, 7) is 0. The molecule has 1 heterocycles. The van der Waals surface area contributed by atoms with Crippen molar-refractivity contribution in [2.24, 2.45) is 0 Å². The Morgan fingerprint density at radius 3 is 2.76 bits per heavy atom.